The highest BCUT2D eigenvalue weighted by Crippen LogP contribution is 2.18. The van der Waals surface area contributed by atoms with Crippen LogP contribution in [0.5, 0.6) is 0 Å². The molecule has 0 fully saturated rings. The highest BCUT2D eigenvalue weighted by Gasteiger charge is 2.10. The number of aromatic nitrogens is 1. The second kappa shape index (κ2) is 7.33. The van der Waals surface area contributed by atoms with E-state index in [0.717, 1.165) is 11.1 Å². The second-order valence-corrected chi connectivity index (χ2v) is 6.16. The lowest BCUT2D eigenvalue weighted by atomic mass is 10.1. The molecular weight excluding hydrogens is 345 g/mol. The maximum Gasteiger partial charge on any atom is 0.258 e. The third-order valence-electron chi connectivity index (χ3n) is 4.29. The van der Waals surface area contributed by atoms with E-state index in [1.165, 1.54) is 24.6 Å². The molecule has 1 heterocycles. The monoisotopic (exact) mass is 363 g/mol. The van der Waals surface area contributed by atoms with Crippen molar-refractivity contribution >= 4 is 34.7 Å². The molecule has 27 heavy (non-hydrogen) atoms. The molecule has 0 aliphatic rings. The first-order chi connectivity index (χ1) is 12.9. The van der Waals surface area contributed by atoms with Gasteiger partial charge in [-0.3, -0.25) is 9.79 Å². The zero-order chi connectivity index (χ0) is 19.6. The van der Waals surface area contributed by atoms with Gasteiger partial charge in [-0.1, -0.05) is 6.07 Å². The molecule has 3 rings (SSSR count). The van der Waals surface area contributed by atoms with Crippen LogP contribution in [0.15, 0.2) is 51.3 Å². The van der Waals surface area contributed by atoms with Crippen molar-refractivity contribution in [3.63, 3.8) is 0 Å². The van der Waals surface area contributed by atoms with E-state index < -0.39 is 5.56 Å². The normalized spacial score (nSPS) is 12.0. The summed E-state index contributed by atoms with van der Waals surface area (Å²) in [5.41, 5.74) is 3.23. The summed E-state index contributed by atoms with van der Waals surface area (Å²) >= 11 is 0. The summed E-state index contributed by atoms with van der Waals surface area (Å²) in [6, 6.07) is 9.85. The maximum atomic E-state index is 13.8. The van der Waals surface area contributed by atoms with Gasteiger partial charge in [-0.05, 0) is 60.9 Å². The van der Waals surface area contributed by atoms with Crippen LogP contribution in [0.3, 0.4) is 0 Å². The summed E-state index contributed by atoms with van der Waals surface area (Å²) in [5.74, 6) is 5.09. The van der Waals surface area contributed by atoms with Crippen molar-refractivity contribution in [2.24, 2.45) is 15.9 Å². The van der Waals surface area contributed by atoms with E-state index in [0.29, 0.717) is 22.2 Å². The molecule has 0 radical (unpaired) electrons. The number of aromatic amines is 1. The number of aliphatic imine (C=N–C) groups is 1. The third-order valence-corrected chi connectivity index (χ3v) is 4.29. The summed E-state index contributed by atoms with van der Waals surface area (Å²) in [6.45, 7) is 3.53. The van der Waals surface area contributed by atoms with E-state index >= 15 is 0 Å². The first-order valence-electron chi connectivity index (χ1n) is 8.19. The predicted octanol–water partition coefficient (Wildman–Crippen LogP) is 3.35. The van der Waals surface area contributed by atoms with E-state index in [1.807, 2.05) is 13.0 Å². The second-order valence-electron chi connectivity index (χ2n) is 6.16. The molecule has 0 saturated carbocycles. The van der Waals surface area contributed by atoms with Crippen LogP contribution >= 0.6 is 0 Å². The first kappa shape index (κ1) is 18.2. The van der Waals surface area contributed by atoms with Gasteiger partial charge in [-0.2, -0.15) is 5.10 Å². The Labute approximate surface area is 154 Å². The average molecular weight is 363 g/mol. The van der Waals surface area contributed by atoms with Gasteiger partial charge >= 0.3 is 0 Å². The topological polar surface area (TPSA) is 107 Å². The van der Waals surface area contributed by atoms with E-state index in [1.54, 1.807) is 25.1 Å². The Bertz CT molecular complexity index is 1160. The number of nitrogens with one attached hydrogen (secondary N) is 2. The van der Waals surface area contributed by atoms with Crippen LogP contribution < -0.4 is 11.4 Å². The largest absolute Gasteiger partial charge is 0.323 e. The first-order valence-corrected chi connectivity index (χ1v) is 8.19. The van der Waals surface area contributed by atoms with Crippen LogP contribution in [-0.2, 0) is 0 Å². The number of hydrogen-bond acceptors (Lipinski definition) is 5. The third kappa shape index (κ3) is 3.67. The van der Waals surface area contributed by atoms with Gasteiger partial charge in [-0.15, -0.1) is 0 Å². The van der Waals surface area contributed by atoms with Gasteiger partial charge in [0.25, 0.3) is 5.56 Å². The van der Waals surface area contributed by atoms with Crippen molar-refractivity contribution < 1.29 is 4.39 Å². The number of rotatable bonds is 4. The summed E-state index contributed by atoms with van der Waals surface area (Å²) in [6.07, 6.45) is 2.62. The summed E-state index contributed by atoms with van der Waals surface area (Å²) in [5, 5.41) is 11.6. The lowest BCUT2D eigenvalue weighted by Crippen LogP contribution is -2.20. The molecule has 0 amide bonds. The fourth-order valence-corrected chi connectivity index (χ4v) is 2.70. The molecule has 6 nitrogen and oxygen atoms in total. The zero-order valence-corrected chi connectivity index (χ0v) is 14.9. The average Bonchev–Trinajstić information content (AvgIpc) is 2.65. The van der Waals surface area contributed by atoms with Crippen molar-refractivity contribution in [3.05, 3.63) is 74.8 Å². The van der Waals surface area contributed by atoms with Gasteiger partial charge in [0.1, 0.15) is 11.5 Å². The quantitative estimate of drug-likeness (QED) is 0.375. The Morgan fingerprint density at radius 1 is 1.19 bits per heavy atom. The van der Waals surface area contributed by atoms with Crippen LogP contribution in [0.1, 0.15) is 22.3 Å². The van der Waals surface area contributed by atoms with E-state index in [4.69, 9.17) is 11.3 Å². The number of nitrogens with two attached hydrogens (primary N) is 1. The number of aryl methyl sites for hydroxylation is 2. The zero-order valence-electron chi connectivity index (χ0n) is 14.9. The lowest BCUT2D eigenvalue weighted by Gasteiger charge is -2.05. The minimum atomic E-state index is -0.395. The van der Waals surface area contributed by atoms with Gasteiger partial charge in [0.15, 0.2) is 0 Å². The minimum absolute atomic E-state index is 0.163. The molecule has 3 aromatic rings. The summed E-state index contributed by atoms with van der Waals surface area (Å²) in [4.78, 5) is 19.4. The number of hydrogen-bond donors (Lipinski definition) is 3. The van der Waals surface area contributed by atoms with Crippen molar-refractivity contribution in [3.8, 4) is 0 Å². The number of benzene rings is 2. The Balaban J connectivity index is 2.03. The van der Waals surface area contributed by atoms with Crippen LogP contribution in [0, 0.1) is 25.1 Å². The predicted molar refractivity (Wildman–Crippen MR) is 107 cm³/mol. The smallest absolute Gasteiger partial charge is 0.258 e. The molecule has 0 atom stereocenters. The molecule has 0 saturated heterocycles. The molecule has 136 valence electrons. The van der Waals surface area contributed by atoms with Crippen LogP contribution in [0.4, 0.5) is 10.1 Å². The molecule has 1 aromatic heterocycles. The van der Waals surface area contributed by atoms with Gasteiger partial charge < -0.3 is 16.2 Å². The standard InChI is InChI=1S/C20H18FN5O/c1-11-3-4-15(6-14(11)9-22)24-10-19(26-23)16-7-13-8-17(21)12(2)5-18(13)25-20(16)27/h3-10,22H,23H2,1-2H3,(H,25,27). The highest BCUT2D eigenvalue weighted by atomic mass is 19.1. The lowest BCUT2D eigenvalue weighted by molar-refractivity contribution is 0.620. The highest BCUT2D eigenvalue weighted by molar-refractivity contribution is 6.38. The number of hydrazone groups is 1. The SMILES string of the molecule is Cc1cc2[nH]c(=O)c(C(C=Nc3ccc(C)c(C=N)c3)=NN)cc2cc1F. The number of nitrogens with zero attached hydrogens (tertiary/aromatic N) is 2. The van der Waals surface area contributed by atoms with Crippen molar-refractivity contribution in [1.29, 1.82) is 5.41 Å². The van der Waals surface area contributed by atoms with Crippen molar-refractivity contribution in [1.82, 2.24) is 4.98 Å². The van der Waals surface area contributed by atoms with E-state index in [-0.39, 0.29) is 17.1 Å². The summed E-state index contributed by atoms with van der Waals surface area (Å²) < 4.78 is 13.8. The molecule has 0 bridgehead atoms. The van der Waals surface area contributed by atoms with Crippen molar-refractivity contribution in [2.45, 2.75) is 13.8 Å². The number of pyridine rings is 1. The van der Waals surface area contributed by atoms with E-state index in [9.17, 15) is 9.18 Å². The number of fused-ring (bicyclic) bond motifs is 1. The molecule has 4 N–H and O–H groups in total. The van der Waals surface area contributed by atoms with Gasteiger partial charge in [0.05, 0.1) is 17.5 Å². The fourth-order valence-electron chi connectivity index (χ4n) is 2.70. The Hall–Kier alpha value is -3.61. The summed E-state index contributed by atoms with van der Waals surface area (Å²) in [7, 11) is 0. The fraction of sp³-hybridized carbons (Fsp3) is 0.100. The Morgan fingerprint density at radius 2 is 1.96 bits per heavy atom. The van der Waals surface area contributed by atoms with Crippen LogP contribution in [-0.4, -0.2) is 23.1 Å². The van der Waals surface area contributed by atoms with Gasteiger partial charge in [0, 0.05) is 17.1 Å². The van der Waals surface area contributed by atoms with Crippen LogP contribution in [0.25, 0.3) is 10.9 Å². The van der Waals surface area contributed by atoms with E-state index in [2.05, 4.69) is 15.1 Å². The molecule has 7 heteroatoms. The van der Waals surface area contributed by atoms with Crippen LogP contribution in [0.2, 0.25) is 0 Å². The molecule has 0 aliphatic heterocycles. The van der Waals surface area contributed by atoms with Gasteiger partial charge in [0.2, 0.25) is 0 Å². The Morgan fingerprint density at radius 3 is 2.67 bits per heavy atom. The molecule has 0 unspecified atom stereocenters. The minimum Gasteiger partial charge on any atom is -0.323 e. The number of halogens is 1. The molecular formula is C20H18FN5O. The van der Waals surface area contributed by atoms with Gasteiger partial charge in [-0.25, -0.2) is 4.39 Å². The molecule has 0 spiro atoms. The molecule has 2 aromatic carbocycles. The Kier molecular flexibility index (Phi) is 4.94. The van der Waals surface area contributed by atoms with Crippen molar-refractivity contribution in [2.75, 3.05) is 0 Å². The number of H-pyrrole nitrogens is 1. The maximum absolute atomic E-state index is 13.8. The molecule has 0 aliphatic carbocycles.